The lowest BCUT2D eigenvalue weighted by Gasteiger charge is -2.40. The molecular formula is C51H98O12S. The molecule has 64 heavy (non-hydrogen) atoms. The fraction of sp³-hybridized carbons (Fsp3) is 0.961. The summed E-state index contributed by atoms with van der Waals surface area (Å²) in [4.78, 5) is 25.5. The summed E-state index contributed by atoms with van der Waals surface area (Å²) in [5.41, 5.74) is 0. The van der Waals surface area contributed by atoms with Crippen LogP contribution in [0.3, 0.4) is 0 Å². The molecule has 0 amide bonds. The van der Waals surface area contributed by atoms with Gasteiger partial charge >= 0.3 is 11.9 Å². The molecule has 1 heterocycles. The molecule has 6 atom stereocenters. The molecule has 0 bridgehead atoms. The van der Waals surface area contributed by atoms with Crippen molar-refractivity contribution in [3.63, 3.8) is 0 Å². The summed E-state index contributed by atoms with van der Waals surface area (Å²) in [5.74, 6) is -1.96. The van der Waals surface area contributed by atoms with Crippen molar-refractivity contribution in [3.05, 3.63) is 0 Å². The monoisotopic (exact) mass is 935 g/mol. The van der Waals surface area contributed by atoms with Crippen LogP contribution < -0.4 is 0 Å². The molecule has 13 heteroatoms. The van der Waals surface area contributed by atoms with Crippen LogP contribution in [0.25, 0.3) is 0 Å². The van der Waals surface area contributed by atoms with Crippen molar-refractivity contribution in [2.24, 2.45) is 0 Å². The standard InChI is InChI=1S/C51H98O12S/c1-3-5-7-9-11-13-15-17-19-20-21-22-23-24-25-26-28-30-32-34-36-38-40-47(53)62-44(42-61-51-50(56)49(55)48(54)45(63-51)43-64(57,58)59)41-60-46(52)39-37-35-33-31-29-27-18-16-14-12-10-8-6-4-2/h44-45,48-51,54-56H,3-43H2,1-2H3,(H,57,58,59)/t44-,45-,48-,49?,50?,51+/m1/s1. The van der Waals surface area contributed by atoms with E-state index in [4.69, 9.17) is 18.9 Å². The van der Waals surface area contributed by atoms with E-state index in [0.717, 1.165) is 38.5 Å². The van der Waals surface area contributed by atoms with E-state index in [0.29, 0.717) is 12.8 Å². The van der Waals surface area contributed by atoms with Gasteiger partial charge in [0.1, 0.15) is 36.8 Å². The van der Waals surface area contributed by atoms with Crippen LogP contribution in [0.2, 0.25) is 0 Å². The molecule has 2 unspecified atom stereocenters. The van der Waals surface area contributed by atoms with Crippen molar-refractivity contribution in [1.29, 1.82) is 0 Å². The molecule has 0 aromatic rings. The van der Waals surface area contributed by atoms with Crippen molar-refractivity contribution >= 4 is 22.1 Å². The molecule has 0 aromatic heterocycles. The first-order chi connectivity index (χ1) is 31.0. The predicted octanol–water partition coefficient (Wildman–Crippen LogP) is 12.0. The van der Waals surface area contributed by atoms with Crippen molar-refractivity contribution in [2.75, 3.05) is 19.0 Å². The Kier molecular flexibility index (Phi) is 39.6. The Balaban J connectivity index is 2.32. The first kappa shape index (κ1) is 60.7. The van der Waals surface area contributed by atoms with Crippen LogP contribution in [0, 0.1) is 0 Å². The Morgan fingerprint density at radius 3 is 1.14 bits per heavy atom. The van der Waals surface area contributed by atoms with Crippen molar-refractivity contribution < 1.29 is 56.8 Å². The van der Waals surface area contributed by atoms with Gasteiger partial charge in [0, 0.05) is 12.8 Å². The van der Waals surface area contributed by atoms with E-state index in [1.54, 1.807) is 0 Å². The average molecular weight is 935 g/mol. The summed E-state index contributed by atoms with van der Waals surface area (Å²) < 4.78 is 54.3. The van der Waals surface area contributed by atoms with Gasteiger partial charge in [0.25, 0.3) is 10.1 Å². The van der Waals surface area contributed by atoms with Gasteiger partial charge in [-0.3, -0.25) is 14.1 Å². The van der Waals surface area contributed by atoms with Crippen LogP contribution in [0.5, 0.6) is 0 Å². The highest BCUT2D eigenvalue weighted by Gasteiger charge is 2.46. The summed E-state index contributed by atoms with van der Waals surface area (Å²) in [6.45, 7) is 3.81. The van der Waals surface area contributed by atoms with Gasteiger partial charge in [0.15, 0.2) is 12.4 Å². The zero-order valence-electron chi connectivity index (χ0n) is 40.9. The summed E-state index contributed by atoms with van der Waals surface area (Å²) in [7, 11) is -4.60. The van der Waals surface area contributed by atoms with Gasteiger partial charge in [-0.25, -0.2) is 0 Å². The molecule has 0 radical (unpaired) electrons. The second-order valence-electron chi connectivity index (χ2n) is 18.9. The highest BCUT2D eigenvalue weighted by Crippen LogP contribution is 2.24. The fourth-order valence-electron chi connectivity index (χ4n) is 8.56. The second-order valence-corrected chi connectivity index (χ2v) is 20.4. The molecule has 4 N–H and O–H groups in total. The molecule has 1 saturated heterocycles. The quantitative estimate of drug-likeness (QED) is 0.0257. The maximum absolute atomic E-state index is 12.9. The third kappa shape index (κ3) is 35.8. The zero-order valence-corrected chi connectivity index (χ0v) is 41.7. The third-order valence-electron chi connectivity index (χ3n) is 12.7. The number of unbranched alkanes of at least 4 members (excludes halogenated alkanes) is 34. The normalized spacial score (nSPS) is 19.5. The summed E-state index contributed by atoms with van der Waals surface area (Å²) in [6, 6.07) is 0. The van der Waals surface area contributed by atoms with Gasteiger partial charge in [-0.2, -0.15) is 8.42 Å². The lowest BCUT2D eigenvalue weighted by Crippen LogP contribution is -2.60. The summed E-state index contributed by atoms with van der Waals surface area (Å²) >= 11 is 0. The molecule has 1 fully saturated rings. The fourth-order valence-corrected chi connectivity index (χ4v) is 9.25. The smallest absolute Gasteiger partial charge is 0.306 e. The second kappa shape index (κ2) is 41.8. The van der Waals surface area contributed by atoms with Crippen molar-refractivity contribution in [2.45, 2.75) is 295 Å². The number of carbonyl (C=O) groups is 2. The molecule has 0 spiro atoms. The third-order valence-corrected chi connectivity index (χ3v) is 13.4. The molecule has 1 aliphatic heterocycles. The number of aliphatic hydroxyl groups excluding tert-OH is 3. The van der Waals surface area contributed by atoms with Crippen LogP contribution in [0.4, 0.5) is 0 Å². The Bertz CT molecular complexity index is 1190. The minimum atomic E-state index is -4.60. The molecule has 0 aromatic carbocycles. The molecule has 1 aliphatic rings. The molecular weight excluding hydrogens is 837 g/mol. The van der Waals surface area contributed by atoms with Gasteiger partial charge in [0.2, 0.25) is 0 Å². The summed E-state index contributed by atoms with van der Waals surface area (Å²) in [6.07, 6.45) is 35.8. The van der Waals surface area contributed by atoms with Gasteiger partial charge in [-0.05, 0) is 12.8 Å². The van der Waals surface area contributed by atoms with Crippen molar-refractivity contribution in [3.8, 4) is 0 Å². The topological polar surface area (TPSA) is 186 Å². The zero-order chi connectivity index (χ0) is 46.9. The van der Waals surface area contributed by atoms with Crippen molar-refractivity contribution in [1.82, 2.24) is 0 Å². The number of hydrogen-bond acceptors (Lipinski definition) is 11. The highest BCUT2D eigenvalue weighted by molar-refractivity contribution is 7.85. The van der Waals surface area contributed by atoms with E-state index in [2.05, 4.69) is 13.8 Å². The van der Waals surface area contributed by atoms with E-state index in [-0.39, 0.29) is 19.4 Å². The number of rotatable bonds is 46. The Morgan fingerprint density at radius 1 is 0.469 bits per heavy atom. The maximum atomic E-state index is 12.9. The summed E-state index contributed by atoms with van der Waals surface area (Å²) in [5, 5.41) is 31.0. The van der Waals surface area contributed by atoms with E-state index >= 15 is 0 Å². The SMILES string of the molecule is CCCCCCCCCCCCCCCCCCCCCCCCC(=O)O[C@H](COC(=O)CCCCCCCCCCCCCCCC)CO[C@H]1O[C@H](CS(=O)(=O)O)[C@@H](O)C(O)C1O. The van der Waals surface area contributed by atoms with Crippen LogP contribution in [-0.4, -0.2) is 96.0 Å². The van der Waals surface area contributed by atoms with Crippen LogP contribution >= 0.6 is 0 Å². The molecule has 380 valence electrons. The number of ether oxygens (including phenoxy) is 4. The Labute approximate surface area is 391 Å². The number of aliphatic hydroxyl groups is 3. The Hall–Kier alpha value is -1.35. The first-order valence-electron chi connectivity index (χ1n) is 26.6. The van der Waals surface area contributed by atoms with E-state index in [1.807, 2.05) is 0 Å². The van der Waals surface area contributed by atoms with Gasteiger partial charge in [-0.1, -0.05) is 232 Å². The largest absolute Gasteiger partial charge is 0.462 e. The van der Waals surface area contributed by atoms with E-state index in [1.165, 1.54) is 180 Å². The lowest BCUT2D eigenvalue weighted by atomic mass is 10.00. The first-order valence-corrected chi connectivity index (χ1v) is 28.2. The van der Waals surface area contributed by atoms with Crippen LogP contribution in [0.1, 0.15) is 258 Å². The predicted molar refractivity (Wildman–Crippen MR) is 257 cm³/mol. The van der Waals surface area contributed by atoms with E-state index in [9.17, 15) is 37.9 Å². The van der Waals surface area contributed by atoms with E-state index < -0.39 is 71.2 Å². The molecule has 0 aliphatic carbocycles. The number of carbonyl (C=O) groups excluding carboxylic acids is 2. The molecule has 12 nitrogen and oxygen atoms in total. The van der Waals surface area contributed by atoms with Gasteiger partial charge in [-0.15, -0.1) is 0 Å². The molecule has 0 saturated carbocycles. The minimum absolute atomic E-state index is 0.173. The van der Waals surface area contributed by atoms with Gasteiger partial charge < -0.3 is 34.3 Å². The molecule has 1 rings (SSSR count). The Morgan fingerprint density at radius 2 is 0.797 bits per heavy atom. The highest BCUT2D eigenvalue weighted by atomic mass is 32.2. The lowest BCUT2D eigenvalue weighted by molar-refractivity contribution is -0.297. The van der Waals surface area contributed by atoms with Crippen LogP contribution in [0.15, 0.2) is 0 Å². The minimum Gasteiger partial charge on any atom is -0.462 e. The van der Waals surface area contributed by atoms with Gasteiger partial charge in [0.05, 0.1) is 6.61 Å². The number of esters is 2. The maximum Gasteiger partial charge on any atom is 0.306 e. The number of hydrogen-bond donors (Lipinski definition) is 4. The van der Waals surface area contributed by atoms with Crippen LogP contribution in [-0.2, 0) is 38.7 Å². The average Bonchev–Trinajstić information content (AvgIpc) is 3.26.